The van der Waals surface area contributed by atoms with Gasteiger partial charge >= 0.3 is 5.97 Å². The van der Waals surface area contributed by atoms with Gasteiger partial charge in [0.25, 0.3) is 5.91 Å². The van der Waals surface area contributed by atoms with E-state index in [4.69, 9.17) is 10.1 Å². The van der Waals surface area contributed by atoms with Crippen molar-refractivity contribution in [2.45, 2.75) is 83.8 Å². The number of rotatable bonds is 9. The monoisotopic (exact) mass is 671 g/mol. The number of benzene rings is 4. The van der Waals surface area contributed by atoms with Crippen LogP contribution in [0, 0.1) is 11.3 Å². The molecular formula is C43H46FN3O3. The molecule has 1 amide bonds. The van der Waals surface area contributed by atoms with Gasteiger partial charge < -0.3 is 15.0 Å². The summed E-state index contributed by atoms with van der Waals surface area (Å²) < 4.78 is 16.1. The minimum absolute atomic E-state index is 0.0101. The molecule has 7 heteroatoms. The van der Waals surface area contributed by atoms with E-state index >= 15 is 0 Å². The number of amides is 1. The number of aryl methyl sites for hydroxylation is 1. The number of fused-ring (bicyclic) bond motifs is 4. The first-order valence-electron chi connectivity index (χ1n) is 17.9. The molecule has 7 rings (SSSR count). The van der Waals surface area contributed by atoms with E-state index in [0.29, 0.717) is 17.4 Å². The first kappa shape index (κ1) is 33.7. The van der Waals surface area contributed by atoms with Crippen LogP contribution >= 0.6 is 0 Å². The van der Waals surface area contributed by atoms with Crippen molar-refractivity contribution in [1.82, 2.24) is 14.9 Å². The van der Waals surface area contributed by atoms with E-state index in [9.17, 15) is 14.0 Å². The number of carboxylic acid groups (broad SMARTS) is 1. The number of aliphatic carboxylic acids is 1. The average Bonchev–Trinajstić information content (AvgIpc) is 3.47. The Morgan fingerprint density at radius 3 is 2.48 bits per heavy atom. The molecule has 1 unspecified atom stereocenters. The molecular weight excluding hydrogens is 625 g/mol. The fourth-order valence-electron chi connectivity index (χ4n) is 9.05. The van der Waals surface area contributed by atoms with Gasteiger partial charge in [-0.25, -0.2) is 14.2 Å². The second-order valence-electron chi connectivity index (χ2n) is 15.3. The number of alkyl halides is 1. The fraction of sp³-hybridized carbons (Fsp3) is 0.372. The lowest BCUT2D eigenvalue weighted by molar-refractivity contribution is -0.142. The molecule has 0 spiro atoms. The zero-order valence-electron chi connectivity index (χ0n) is 29.4. The number of carbonyl (C=O) groups is 2. The van der Waals surface area contributed by atoms with Crippen molar-refractivity contribution >= 4 is 22.9 Å². The molecule has 4 atom stereocenters. The van der Waals surface area contributed by atoms with Gasteiger partial charge in [0.05, 0.1) is 17.6 Å². The molecule has 0 saturated heterocycles. The number of aromatic nitrogens is 2. The summed E-state index contributed by atoms with van der Waals surface area (Å²) in [5.41, 5.74) is 9.75. The third kappa shape index (κ3) is 6.12. The Kier molecular flexibility index (Phi) is 8.87. The predicted molar refractivity (Wildman–Crippen MR) is 197 cm³/mol. The molecule has 6 nitrogen and oxygen atoms in total. The molecule has 1 fully saturated rings. The molecule has 1 aromatic heterocycles. The summed E-state index contributed by atoms with van der Waals surface area (Å²) in [5.74, 6) is -0.360. The minimum atomic E-state index is -2.17. The topological polar surface area (TPSA) is 84.2 Å². The lowest BCUT2D eigenvalue weighted by Crippen LogP contribution is -2.50. The van der Waals surface area contributed by atoms with E-state index < -0.39 is 24.6 Å². The normalized spacial score (nSPS) is 22.2. The number of nitrogens with one attached hydrogen (secondary N) is 1. The lowest BCUT2D eigenvalue weighted by atomic mass is 9.49. The van der Waals surface area contributed by atoms with Gasteiger partial charge in [-0.05, 0) is 100 Å². The summed E-state index contributed by atoms with van der Waals surface area (Å²) in [7, 11) is 0. The van der Waals surface area contributed by atoms with Crippen molar-refractivity contribution in [2.75, 3.05) is 6.54 Å². The van der Waals surface area contributed by atoms with Gasteiger partial charge in [0.1, 0.15) is 5.82 Å². The lowest BCUT2D eigenvalue weighted by Gasteiger charge is -2.56. The van der Waals surface area contributed by atoms with E-state index in [1.807, 2.05) is 24.3 Å². The molecule has 2 N–H and O–H groups in total. The van der Waals surface area contributed by atoms with E-state index in [2.05, 4.69) is 86.1 Å². The van der Waals surface area contributed by atoms with E-state index in [0.717, 1.165) is 65.8 Å². The maximum Gasteiger partial charge on any atom is 0.340 e. The van der Waals surface area contributed by atoms with Crippen LogP contribution in [0.25, 0.3) is 33.5 Å². The number of imidazole rings is 1. The molecule has 0 radical (unpaired) electrons. The van der Waals surface area contributed by atoms with E-state index in [1.54, 1.807) is 18.2 Å². The van der Waals surface area contributed by atoms with Crippen LogP contribution in [0.3, 0.4) is 0 Å². The Hall–Kier alpha value is -4.78. The van der Waals surface area contributed by atoms with Crippen LogP contribution in [0.4, 0.5) is 4.39 Å². The number of carbonyl (C=O) groups excluding carboxylic acids is 1. The summed E-state index contributed by atoms with van der Waals surface area (Å²) >= 11 is 0. The number of halogens is 1. The molecule has 5 aromatic rings. The number of hydrogen-bond acceptors (Lipinski definition) is 3. The third-order valence-electron chi connectivity index (χ3n) is 11.6. The zero-order valence-corrected chi connectivity index (χ0v) is 29.4. The highest BCUT2D eigenvalue weighted by Gasteiger charge is 2.52. The maximum absolute atomic E-state index is 13.8. The van der Waals surface area contributed by atoms with Crippen molar-refractivity contribution in [3.05, 3.63) is 113 Å². The molecule has 4 aromatic carbocycles. The molecule has 1 saturated carbocycles. The van der Waals surface area contributed by atoms with E-state index in [1.165, 1.54) is 23.1 Å². The Labute approximate surface area is 293 Å². The predicted octanol–water partition coefficient (Wildman–Crippen LogP) is 9.36. The Bertz CT molecular complexity index is 2070. The van der Waals surface area contributed by atoms with Gasteiger partial charge in [-0.15, -0.1) is 0 Å². The molecule has 258 valence electrons. The summed E-state index contributed by atoms with van der Waals surface area (Å²) in [5, 5.41) is 11.4. The van der Waals surface area contributed by atoms with Gasteiger partial charge in [0.15, 0.2) is 0 Å². The highest BCUT2D eigenvalue weighted by Crippen LogP contribution is 2.58. The van der Waals surface area contributed by atoms with Crippen LogP contribution in [0.5, 0.6) is 0 Å². The summed E-state index contributed by atoms with van der Waals surface area (Å²) in [6.07, 6.45) is 3.50. The first-order valence-corrected chi connectivity index (χ1v) is 17.9. The standard InChI is InChI=1S/C43H46FN3O3/c1-27(2)29-14-17-34-31(22-29)16-19-38-42(3,20-9-21-43(34,38)4)26-47-37-18-15-30(28-10-6-5-7-11-28)24-36(37)46-39(47)32-12-8-13-33(23-32)40(48)45-25-35(44)41(49)50/h5-8,10-15,17-18,22-24,27,35,38H,9,16,19-21,25-26H2,1-4H3,(H,45,48)(H,49,50)/t35?,38-,42-,43+/m0/s1. The summed E-state index contributed by atoms with van der Waals surface area (Å²) in [6, 6.07) is 31.2. The third-order valence-corrected chi connectivity index (χ3v) is 11.6. The number of hydrogen-bond donors (Lipinski definition) is 2. The van der Waals surface area contributed by atoms with Crippen molar-refractivity contribution in [1.29, 1.82) is 0 Å². The van der Waals surface area contributed by atoms with Crippen LogP contribution in [-0.2, 0) is 23.2 Å². The quantitative estimate of drug-likeness (QED) is 0.164. The highest BCUT2D eigenvalue weighted by atomic mass is 19.1. The summed E-state index contributed by atoms with van der Waals surface area (Å²) in [6.45, 7) is 9.68. The van der Waals surface area contributed by atoms with Gasteiger partial charge in [-0.3, -0.25) is 4.79 Å². The Balaban J connectivity index is 1.29. The van der Waals surface area contributed by atoms with Gasteiger partial charge in [0, 0.05) is 17.7 Å². The van der Waals surface area contributed by atoms with E-state index in [-0.39, 0.29) is 10.8 Å². The first-order chi connectivity index (χ1) is 24.0. The number of carboxylic acids is 1. The van der Waals surface area contributed by atoms with Crippen LogP contribution in [0.15, 0.2) is 91.0 Å². The SMILES string of the molecule is CC(C)c1ccc2c(c1)CC[C@H]1[C@](C)(Cn3c(-c4cccc(C(=O)NCC(F)C(=O)O)c4)nc4cc(-c5ccccc5)ccc43)CCC[C@]21C. The largest absolute Gasteiger partial charge is 0.479 e. The molecule has 0 bridgehead atoms. The molecule has 0 aliphatic heterocycles. The molecule has 1 heterocycles. The molecule has 2 aliphatic carbocycles. The van der Waals surface area contributed by atoms with Crippen molar-refractivity contribution < 1.29 is 19.1 Å². The van der Waals surface area contributed by atoms with Crippen LogP contribution in [-0.4, -0.2) is 39.3 Å². The second kappa shape index (κ2) is 13.2. The van der Waals surface area contributed by atoms with Crippen molar-refractivity contribution in [3.8, 4) is 22.5 Å². The number of nitrogens with zero attached hydrogens (tertiary/aromatic N) is 2. The summed E-state index contributed by atoms with van der Waals surface area (Å²) in [4.78, 5) is 29.3. The van der Waals surface area contributed by atoms with Crippen LogP contribution in [0.1, 0.15) is 86.3 Å². The molecule has 50 heavy (non-hydrogen) atoms. The Morgan fingerprint density at radius 1 is 0.940 bits per heavy atom. The maximum atomic E-state index is 13.8. The van der Waals surface area contributed by atoms with Crippen LogP contribution in [0.2, 0.25) is 0 Å². The van der Waals surface area contributed by atoms with Gasteiger partial charge in [-0.2, -0.15) is 0 Å². The average molecular weight is 672 g/mol. The van der Waals surface area contributed by atoms with Gasteiger partial charge in [-0.1, -0.05) is 101 Å². The smallest absolute Gasteiger partial charge is 0.340 e. The Morgan fingerprint density at radius 2 is 1.72 bits per heavy atom. The van der Waals surface area contributed by atoms with Gasteiger partial charge in [0.2, 0.25) is 6.17 Å². The van der Waals surface area contributed by atoms with Crippen LogP contribution < -0.4 is 5.32 Å². The second-order valence-corrected chi connectivity index (χ2v) is 15.3. The van der Waals surface area contributed by atoms with Crippen molar-refractivity contribution in [2.24, 2.45) is 11.3 Å². The van der Waals surface area contributed by atoms with Crippen molar-refractivity contribution in [3.63, 3.8) is 0 Å². The zero-order chi connectivity index (χ0) is 35.2. The fourth-order valence-corrected chi connectivity index (χ4v) is 9.05. The minimum Gasteiger partial charge on any atom is -0.479 e. The molecule has 2 aliphatic rings. The highest BCUT2D eigenvalue weighted by molar-refractivity contribution is 5.96.